The highest BCUT2D eigenvalue weighted by atomic mass is 35.5. The summed E-state index contributed by atoms with van der Waals surface area (Å²) < 4.78 is 0. The zero-order chi connectivity index (χ0) is 9.84. The highest BCUT2D eigenvalue weighted by molar-refractivity contribution is 6.23. The quantitative estimate of drug-likeness (QED) is 0.671. The predicted octanol–water partition coefficient (Wildman–Crippen LogP) is 3.00. The summed E-state index contributed by atoms with van der Waals surface area (Å²) in [7, 11) is 4.03. The molecule has 0 heterocycles. The molecule has 0 fully saturated rings. The van der Waals surface area contributed by atoms with E-state index in [0.29, 0.717) is 5.88 Å². The maximum atomic E-state index is 5.75. The Morgan fingerprint density at radius 2 is 2.00 bits per heavy atom. The predicted molar refractivity (Wildman–Crippen MR) is 60.5 cm³/mol. The van der Waals surface area contributed by atoms with Gasteiger partial charge in [0.2, 0.25) is 0 Å². The van der Waals surface area contributed by atoms with Crippen molar-refractivity contribution in [3.63, 3.8) is 0 Å². The number of allylic oxidation sites excluding steroid dienone is 1. The molecule has 0 aliphatic carbocycles. The van der Waals surface area contributed by atoms with Crippen molar-refractivity contribution in [1.82, 2.24) is 0 Å². The molecule has 0 radical (unpaired) electrons. The van der Waals surface area contributed by atoms with Crippen molar-refractivity contribution in [3.8, 4) is 0 Å². The Bertz CT molecular complexity index is 305. The van der Waals surface area contributed by atoms with E-state index in [1.54, 1.807) is 0 Å². The summed E-state index contributed by atoms with van der Waals surface area (Å²) in [6.07, 6.45) is 0. The van der Waals surface area contributed by atoms with Crippen molar-refractivity contribution in [2.24, 2.45) is 0 Å². The van der Waals surface area contributed by atoms with Crippen LogP contribution in [0.4, 0.5) is 5.69 Å². The van der Waals surface area contributed by atoms with Gasteiger partial charge in [0.25, 0.3) is 0 Å². The lowest BCUT2D eigenvalue weighted by Crippen LogP contribution is -2.10. The maximum absolute atomic E-state index is 5.75. The van der Waals surface area contributed by atoms with E-state index in [-0.39, 0.29) is 0 Å². The standard InChI is InChI=1S/C11H14ClN/c1-9(8-12)10-6-4-5-7-11(10)13(2)3/h4-7H,1,8H2,2-3H3. The minimum absolute atomic E-state index is 0.477. The molecule has 0 bridgehead atoms. The lowest BCUT2D eigenvalue weighted by Gasteiger charge is -2.17. The summed E-state index contributed by atoms with van der Waals surface area (Å²) in [6, 6.07) is 8.12. The van der Waals surface area contributed by atoms with E-state index in [4.69, 9.17) is 11.6 Å². The molecule has 1 nitrogen and oxygen atoms in total. The van der Waals surface area contributed by atoms with Crippen LogP contribution in [0.1, 0.15) is 5.56 Å². The van der Waals surface area contributed by atoms with Gasteiger partial charge < -0.3 is 4.90 Å². The molecule has 0 atom stereocenters. The first-order chi connectivity index (χ1) is 6.16. The molecule has 2 heteroatoms. The van der Waals surface area contributed by atoms with E-state index in [1.807, 2.05) is 32.3 Å². The van der Waals surface area contributed by atoms with Gasteiger partial charge in [0, 0.05) is 31.2 Å². The zero-order valence-corrected chi connectivity index (χ0v) is 8.80. The van der Waals surface area contributed by atoms with Gasteiger partial charge in [0.1, 0.15) is 0 Å². The zero-order valence-electron chi connectivity index (χ0n) is 8.05. The van der Waals surface area contributed by atoms with Crippen LogP contribution in [0.25, 0.3) is 5.57 Å². The molecule has 0 spiro atoms. The molecule has 0 saturated carbocycles. The second kappa shape index (κ2) is 4.33. The summed E-state index contributed by atoms with van der Waals surface area (Å²) in [5, 5.41) is 0. The van der Waals surface area contributed by atoms with Gasteiger partial charge in [-0.2, -0.15) is 0 Å². The van der Waals surface area contributed by atoms with Crippen LogP contribution in [0.2, 0.25) is 0 Å². The monoisotopic (exact) mass is 195 g/mol. The molecule has 0 N–H and O–H groups in total. The molecule has 0 amide bonds. The van der Waals surface area contributed by atoms with Gasteiger partial charge in [0.15, 0.2) is 0 Å². The van der Waals surface area contributed by atoms with Gasteiger partial charge in [-0.25, -0.2) is 0 Å². The van der Waals surface area contributed by atoms with Gasteiger partial charge in [0.05, 0.1) is 0 Å². The molecule has 70 valence electrons. The van der Waals surface area contributed by atoms with Gasteiger partial charge in [-0.3, -0.25) is 0 Å². The van der Waals surface area contributed by atoms with Gasteiger partial charge >= 0.3 is 0 Å². The lowest BCUT2D eigenvalue weighted by molar-refractivity contribution is 1.13. The number of nitrogens with zero attached hydrogens (tertiary/aromatic N) is 1. The van der Waals surface area contributed by atoms with E-state index in [2.05, 4.69) is 17.5 Å². The van der Waals surface area contributed by atoms with Gasteiger partial charge in [-0.15, -0.1) is 11.6 Å². The molecule has 1 aromatic carbocycles. The van der Waals surface area contributed by atoms with Crippen LogP contribution in [0.3, 0.4) is 0 Å². The highest BCUT2D eigenvalue weighted by Gasteiger charge is 2.05. The number of para-hydroxylation sites is 1. The molecule has 0 unspecified atom stereocenters. The SMILES string of the molecule is C=C(CCl)c1ccccc1N(C)C. The highest BCUT2D eigenvalue weighted by Crippen LogP contribution is 2.24. The minimum atomic E-state index is 0.477. The Kier molecular flexibility index (Phi) is 3.38. The normalized spacial score (nSPS) is 9.77. The molecule has 0 aromatic heterocycles. The van der Waals surface area contributed by atoms with E-state index in [1.165, 1.54) is 0 Å². The number of anilines is 1. The Balaban J connectivity index is 3.12. The van der Waals surface area contributed by atoms with Crippen molar-refractivity contribution < 1.29 is 0 Å². The van der Waals surface area contributed by atoms with E-state index in [0.717, 1.165) is 16.8 Å². The molecule has 1 aromatic rings. The van der Waals surface area contributed by atoms with Crippen molar-refractivity contribution in [2.75, 3.05) is 24.9 Å². The fourth-order valence-corrected chi connectivity index (χ4v) is 1.38. The summed E-state index contributed by atoms with van der Waals surface area (Å²) in [5.41, 5.74) is 3.25. The first kappa shape index (κ1) is 10.1. The van der Waals surface area contributed by atoms with E-state index < -0.39 is 0 Å². The molecule has 0 saturated heterocycles. The Morgan fingerprint density at radius 3 is 2.54 bits per heavy atom. The van der Waals surface area contributed by atoms with Crippen LogP contribution in [-0.2, 0) is 0 Å². The summed E-state index contributed by atoms with van der Waals surface area (Å²) >= 11 is 5.75. The van der Waals surface area contributed by atoms with Crippen LogP contribution >= 0.6 is 11.6 Å². The topological polar surface area (TPSA) is 3.24 Å². The smallest absolute Gasteiger partial charge is 0.0474 e. The van der Waals surface area contributed by atoms with Gasteiger partial charge in [-0.1, -0.05) is 24.8 Å². The molecular formula is C11H14ClN. The van der Waals surface area contributed by atoms with Crippen molar-refractivity contribution in [2.45, 2.75) is 0 Å². The van der Waals surface area contributed by atoms with Crippen LogP contribution in [-0.4, -0.2) is 20.0 Å². The first-order valence-corrected chi connectivity index (χ1v) is 4.70. The lowest BCUT2D eigenvalue weighted by atomic mass is 10.1. The number of hydrogen-bond donors (Lipinski definition) is 0. The Hall–Kier alpha value is -0.950. The van der Waals surface area contributed by atoms with E-state index in [9.17, 15) is 0 Å². The summed E-state index contributed by atoms with van der Waals surface area (Å²) in [4.78, 5) is 2.06. The largest absolute Gasteiger partial charge is 0.377 e. The second-order valence-corrected chi connectivity index (χ2v) is 3.42. The first-order valence-electron chi connectivity index (χ1n) is 4.17. The number of benzene rings is 1. The number of rotatable bonds is 3. The van der Waals surface area contributed by atoms with Crippen molar-refractivity contribution in [1.29, 1.82) is 0 Å². The Labute approximate surface area is 84.6 Å². The van der Waals surface area contributed by atoms with E-state index >= 15 is 0 Å². The fraction of sp³-hybridized carbons (Fsp3) is 0.273. The van der Waals surface area contributed by atoms with Crippen LogP contribution in [0, 0.1) is 0 Å². The Morgan fingerprint density at radius 1 is 1.38 bits per heavy atom. The van der Waals surface area contributed by atoms with Crippen molar-refractivity contribution >= 4 is 22.9 Å². The molecule has 0 aliphatic heterocycles. The molecule has 1 rings (SSSR count). The molecule has 0 aliphatic rings. The summed E-state index contributed by atoms with van der Waals surface area (Å²) in [6.45, 7) is 3.93. The second-order valence-electron chi connectivity index (χ2n) is 3.15. The third-order valence-corrected chi connectivity index (χ3v) is 2.25. The van der Waals surface area contributed by atoms with Gasteiger partial charge in [-0.05, 0) is 11.6 Å². The maximum Gasteiger partial charge on any atom is 0.0474 e. The average molecular weight is 196 g/mol. The van der Waals surface area contributed by atoms with Crippen LogP contribution in [0.5, 0.6) is 0 Å². The fourth-order valence-electron chi connectivity index (χ4n) is 1.23. The third kappa shape index (κ3) is 2.25. The number of alkyl halides is 1. The number of hydrogen-bond acceptors (Lipinski definition) is 1. The molecular weight excluding hydrogens is 182 g/mol. The van der Waals surface area contributed by atoms with Crippen LogP contribution in [0.15, 0.2) is 30.8 Å². The molecule has 13 heavy (non-hydrogen) atoms. The van der Waals surface area contributed by atoms with Crippen LogP contribution < -0.4 is 4.90 Å². The van der Waals surface area contributed by atoms with Crippen molar-refractivity contribution in [3.05, 3.63) is 36.4 Å². The minimum Gasteiger partial charge on any atom is -0.377 e. The number of halogens is 1. The average Bonchev–Trinajstić information content (AvgIpc) is 2.16. The third-order valence-electron chi connectivity index (χ3n) is 1.93. The summed E-state index contributed by atoms with van der Waals surface area (Å²) in [5.74, 6) is 0.477.